The second-order valence-electron chi connectivity index (χ2n) is 15.1. The number of fused-ring (bicyclic) bond motifs is 4. The van der Waals surface area contributed by atoms with E-state index in [0.717, 1.165) is 21.8 Å². The van der Waals surface area contributed by atoms with E-state index in [4.69, 9.17) is 10.2 Å². The van der Waals surface area contributed by atoms with Gasteiger partial charge in [-0.1, -0.05) is 0 Å². The first-order valence-electron chi connectivity index (χ1n) is 18.8. The normalized spacial score (nSPS) is 15.3. The number of nitrogens with zero attached hydrogens (tertiary/aromatic N) is 4. The summed E-state index contributed by atoms with van der Waals surface area (Å²) in [4.78, 5) is 0. The molecule has 6 aromatic carbocycles. The molecule has 0 unspecified atom stereocenters. The maximum atomic E-state index is 5.13. The molecule has 0 fully saturated rings. The van der Waals surface area contributed by atoms with Gasteiger partial charge in [0, 0.05) is 0 Å². The molecule has 0 saturated carbocycles. The number of allylic oxidation sites excluding steroid dienone is 2. The zero-order valence-corrected chi connectivity index (χ0v) is 36.7. The predicted octanol–water partition coefficient (Wildman–Crippen LogP) is 6.19. The average molecular weight is 863 g/mol. The molecule has 56 heavy (non-hydrogen) atoms. The van der Waals surface area contributed by atoms with E-state index in [1.165, 1.54) is 67.0 Å². The monoisotopic (exact) mass is 860 g/mol. The summed E-state index contributed by atoms with van der Waals surface area (Å²) in [6.07, 6.45) is 9.43. The fraction of sp³-hybridized carbons (Fsp3) is 0.125. The minimum Gasteiger partial charge on any atom is -1.00 e. The van der Waals surface area contributed by atoms with Crippen molar-refractivity contribution >= 4 is 39.4 Å². The van der Waals surface area contributed by atoms with Crippen LogP contribution in [0.15, 0.2) is 157 Å². The van der Waals surface area contributed by atoms with E-state index in [1.807, 2.05) is 0 Å². The molecule has 0 N–H and O–H groups in total. The molecule has 0 amide bonds. The molecule has 2 aromatic heterocycles. The second-order valence-corrected chi connectivity index (χ2v) is 33.0. The van der Waals surface area contributed by atoms with Crippen molar-refractivity contribution in [3.63, 3.8) is 0 Å². The van der Waals surface area contributed by atoms with E-state index in [-0.39, 0.29) is 24.8 Å². The Morgan fingerprint density at radius 1 is 0.500 bits per heavy atom. The van der Waals surface area contributed by atoms with E-state index < -0.39 is 25.8 Å². The Balaban J connectivity index is 0.00000220. The molecule has 8 heteroatoms. The van der Waals surface area contributed by atoms with Crippen LogP contribution in [0.25, 0.3) is 67.6 Å². The fourth-order valence-corrected chi connectivity index (χ4v) is 29.6. The first kappa shape index (κ1) is 38.3. The van der Waals surface area contributed by atoms with Crippen LogP contribution in [0.2, 0.25) is 13.1 Å². The van der Waals surface area contributed by atoms with Gasteiger partial charge in [-0.25, -0.2) is 0 Å². The Morgan fingerprint density at radius 3 is 1.29 bits per heavy atom. The van der Waals surface area contributed by atoms with Crippen LogP contribution in [0.5, 0.6) is 0 Å². The van der Waals surface area contributed by atoms with Gasteiger partial charge in [0.15, 0.2) is 0 Å². The van der Waals surface area contributed by atoms with Crippen LogP contribution in [0.4, 0.5) is 0 Å². The van der Waals surface area contributed by atoms with Gasteiger partial charge in [0.2, 0.25) is 0 Å². The van der Waals surface area contributed by atoms with Gasteiger partial charge >= 0.3 is 326 Å². The maximum Gasteiger partial charge on any atom is -1.00 e. The standard InChI is InChI=1S/2C23H17N2.C2H6Si.2ClH.Zr/c2*1-16-11-20-13-19(17-7-3-2-4-8-17)14-23(21(20)12-16)25-15-18-9-5-6-10-22(18)24-25;1-3-2;;;/h2*2-15H,1H3;1-2H3;2*1H;/q;;;;;+2/p-2. The van der Waals surface area contributed by atoms with Crippen LogP contribution in [-0.2, 0) is 20.4 Å². The van der Waals surface area contributed by atoms with Gasteiger partial charge in [-0.3, -0.25) is 0 Å². The Bertz CT molecular complexity index is 2630. The quantitative estimate of drug-likeness (QED) is 0.187. The smallest absolute Gasteiger partial charge is 1.00 e. The molecule has 2 aliphatic carbocycles. The number of hydrogen-bond acceptors (Lipinski definition) is 2. The van der Waals surface area contributed by atoms with E-state index in [9.17, 15) is 0 Å². The number of aromatic nitrogens is 4. The first-order chi connectivity index (χ1) is 26.4. The van der Waals surface area contributed by atoms with E-state index in [2.05, 4.69) is 194 Å². The van der Waals surface area contributed by atoms with Crippen molar-refractivity contribution in [1.82, 2.24) is 19.6 Å². The van der Waals surface area contributed by atoms with Gasteiger partial charge in [0.1, 0.15) is 0 Å². The molecule has 0 saturated heterocycles. The van der Waals surface area contributed by atoms with Crippen molar-refractivity contribution in [1.29, 1.82) is 0 Å². The van der Waals surface area contributed by atoms with Crippen molar-refractivity contribution in [2.45, 2.75) is 34.2 Å². The summed E-state index contributed by atoms with van der Waals surface area (Å²) >= 11 is -2.45. The van der Waals surface area contributed by atoms with Crippen molar-refractivity contribution in [3.05, 3.63) is 179 Å². The third-order valence-corrected chi connectivity index (χ3v) is 31.3. The molecule has 0 aliphatic heterocycles. The summed E-state index contributed by atoms with van der Waals surface area (Å²) < 4.78 is 5.21. The van der Waals surface area contributed by atoms with Gasteiger partial charge in [0.05, 0.1) is 0 Å². The van der Waals surface area contributed by atoms with Gasteiger partial charge in [-0.2, -0.15) is 0 Å². The molecule has 2 aliphatic rings. The summed E-state index contributed by atoms with van der Waals surface area (Å²) in [6.45, 7) is 10.1. The maximum absolute atomic E-state index is 5.13. The molecule has 10 rings (SSSR count). The third-order valence-electron chi connectivity index (χ3n) is 11.4. The van der Waals surface area contributed by atoms with E-state index in [0.29, 0.717) is 7.25 Å². The average Bonchev–Trinajstić information content (AvgIpc) is 3.98. The molecular weight excluding hydrogens is 823 g/mol. The van der Waals surface area contributed by atoms with Crippen molar-refractivity contribution in [2.75, 3.05) is 0 Å². The van der Waals surface area contributed by atoms with Crippen molar-refractivity contribution < 1.29 is 45.2 Å². The van der Waals surface area contributed by atoms with Crippen LogP contribution < -0.4 is 24.8 Å². The zero-order valence-electron chi connectivity index (χ0n) is 31.7. The summed E-state index contributed by atoms with van der Waals surface area (Å²) in [5.74, 6) is 0. The first-order valence-corrected chi connectivity index (χ1v) is 27.8. The van der Waals surface area contributed by atoms with Crippen LogP contribution >= 0.6 is 0 Å². The second kappa shape index (κ2) is 15.4. The molecule has 2 heterocycles. The summed E-state index contributed by atoms with van der Waals surface area (Å²) in [7, 11) is 0. The molecule has 274 valence electrons. The summed E-state index contributed by atoms with van der Waals surface area (Å²) in [5.41, 5.74) is 17.5. The molecule has 2 atom stereocenters. The molecule has 8 aromatic rings. The molecule has 0 spiro atoms. The topological polar surface area (TPSA) is 35.6 Å². The Kier molecular flexibility index (Phi) is 10.5. The molecule has 0 bridgehead atoms. The number of halogens is 2. The zero-order chi connectivity index (χ0) is 36.5. The number of benzene rings is 6. The SMILES string of the molecule is CC1=Cc2c(cc(-c3ccccc3)cc2-n2cc3ccccc3n2)[C@@H]1[Zr+2]([C@H]1C(C)=Cc2c1cc(-c1ccccc1)cc2-n1cc2ccccc2n1)=[Si](C)C.[Cl-].[Cl-]. The molecule has 4 nitrogen and oxygen atoms in total. The predicted molar refractivity (Wildman–Crippen MR) is 223 cm³/mol. The van der Waals surface area contributed by atoms with Crippen LogP contribution in [0.3, 0.4) is 0 Å². The Hall–Kier alpha value is -4.58. The number of rotatable bonds is 6. The minimum atomic E-state index is -2.45. The molecule has 0 radical (unpaired) electrons. The van der Waals surface area contributed by atoms with Gasteiger partial charge in [0.25, 0.3) is 0 Å². The summed E-state index contributed by atoms with van der Waals surface area (Å²) in [6, 6.07) is 48.5. The Labute approximate surface area is 348 Å². The van der Waals surface area contributed by atoms with Gasteiger partial charge in [-0.15, -0.1) is 0 Å². The van der Waals surface area contributed by atoms with Crippen molar-refractivity contribution in [3.8, 4) is 33.6 Å². The minimum absolute atomic E-state index is 0. The number of hydrogen-bond donors (Lipinski definition) is 0. The van der Waals surface area contributed by atoms with Crippen LogP contribution in [0.1, 0.15) is 43.4 Å². The van der Waals surface area contributed by atoms with Crippen molar-refractivity contribution in [2.24, 2.45) is 0 Å². The third kappa shape index (κ3) is 6.51. The largest absolute Gasteiger partial charge is 1.00 e. The molecular formula is C48H40Cl2N4SiZr. The van der Waals surface area contributed by atoms with E-state index in [1.54, 1.807) is 0 Å². The van der Waals surface area contributed by atoms with Crippen LogP contribution in [0, 0.1) is 0 Å². The summed E-state index contributed by atoms with van der Waals surface area (Å²) in [5, 5.41) is 12.6. The van der Waals surface area contributed by atoms with Gasteiger partial charge in [-0.05, 0) is 0 Å². The van der Waals surface area contributed by atoms with E-state index >= 15 is 0 Å². The van der Waals surface area contributed by atoms with Crippen LogP contribution in [-0.4, -0.2) is 25.0 Å². The Morgan fingerprint density at radius 2 is 0.893 bits per heavy atom. The van der Waals surface area contributed by atoms with Gasteiger partial charge < -0.3 is 24.8 Å². The fourth-order valence-electron chi connectivity index (χ4n) is 8.94.